The molecule has 2 nitrogen and oxygen atoms in total. The van der Waals surface area contributed by atoms with Crippen LogP contribution in [0.4, 0.5) is 4.39 Å². The van der Waals surface area contributed by atoms with Crippen LogP contribution >= 0.6 is 23.2 Å². The average molecular weight is 323 g/mol. The lowest BCUT2D eigenvalue weighted by molar-refractivity contribution is 0.629. The van der Waals surface area contributed by atoms with Crippen LogP contribution in [0.5, 0.6) is 0 Å². The number of rotatable bonds is 4. The van der Waals surface area contributed by atoms with Crippen molar-refractivity contribution in [2.45, 2.75) is 18.8 Å². The molecule has 1 aromatic heterocycles. The molecule has 3 rings (SSSR count). The topological polar surface area (TPSA) is 17.8 Å². The van der Waals surface area contributed by atoms with Crippen LogP contribution in [0.25, 0.3) is 11.0 Å². The van der Waals surface area contributed by atoms with E-state index in [1.807, 2.05) is 28.8 Å². The van der Waals surface area contributed by atoms with Crippen molar-refractivity contribution in [3.8, 4) is 0 Å². The van der Waals surface area contributed by atoms with Gasteiger partial charge in [-0.15, -0.1) is 11.6 Å². The van der Waals surface area contributed by atoms with E-state index in [1.165, 1.54) is 17.7 Å². The highest BCUT2D eigenvalue weighted by Gasteiger charge is 2.10. The standard InChI is InChI=1S/C16H13Cl2FN2/c17-10-16-20-14-9-13(19)5-6-15(14)21(16)8-7-11-1-3-12(18)4-2-11/h1-6,9H,7-8,10H2. The Morgan fingerprint density at radius 2 is 1.86 bits per heavy atom. The number of fused-ring (bicyclic) bond motifs is 1. The molecule has 0 bridgehead atoms. The van der Waals surface area contributed by atoms with Crippen LogP contribution in [-0.2, 0) is 18.8 Å². The van der Waals surface area contributed by atoms with Gasteiger partial charge in [0.2, 0.25) is 0 Å². The van der Waals surface area contributed by atoms with Crippen molar-refractivity contribution in [1.29, 1.82) is 0 Å². The molecule has 0 saturated carbocycles. The van der Waals surface area contributed by atoms with Gasteiger partial charge in [0.05, 0.1) is 16.9 Å². The molecule has 0 aliphatic carbocycles. The lowest BCUT2D eigenvalue weighted by Gasteiger charge is -2.08. The predicted octanol–water partition coefficient (Wildman–Crippen LogP) is 4.81. The first kappa shape index (κ1) is 14.4. The minimum absolute atomic E-state index is 0.286. The highest BCUT2D eigenvalue weighted by atomic mass is 35.5. The molecular formula is C16H13Cl2FN2. The van der Waals surface area contributed by atoms with Gasteiger partial charge in [-0.1, -0.05) is 23.7 Å². The molecule has 1 heterocycles. The number of nitrogens with zero attached hydrogens (tertiary/aromatic N) is 2. The highest BCUT2D eigenvalue weighted by Crippen LogP contribution is 2.20. The van der Waals surface area contributed by atoms with Crippen molar-refractivity contribution >= 4 is 34.2 Å². The van der Waals surface area contributed by atoms with Crippen molar-refractivity contribution in [2.75, 3.05) is 0 Å². The van der Waals surface area contributed by atoms with E-state index in [0.717, 1.165) is 29.3 Å². The summed E-state index contributed by atoms with van der Waals surface area (Å²) < 4.78 is 15.3. The van der Waals surface area contributed by atoms with Crippen molar-refractivity contribution in [1.82, 2.24) is 9.55 Å². The van der Waals surface area contributed by atoms with E-state index in [1.54, 1.807) is 6.07 Å². The molecule has 5 heteroatoms. The Morgan fingerprint density at radius 1 is 1.10 bits per heavy atom. The number of alkyl halides is 1. The van der Waals surface area contributed by atoms with Gasteiger partial charge in [-0.05, 0) is 36.2 Å². The van der Waals surface area contributed by atoms with Crippen LogP contribution in [0.3, 0.4) is 0 Å². The normalized spacial score (nSPS) is 11.2. The minimum Gasteiger partial charge on any atom is -0.327 e. The maximum absolute atomic E-state index is 13.3. The predicted molar refractivity (Wildman–Crippen MR) is 84.4 cm³/mol. The van der Waals surface area contributed by atoms with Crippen molar-refractivity contribution in [2.24, 2.45) is 0 Å². The summed E-state index contributed by atoms with van der Waals surface area (Å²) in [4.78, 5) is 4.39. The number of aryl methyl sites for hydroxylation is 2. The summed E-state index contributed by atoms with van der Waals surface area (Å²) in [6, 6.07) is 12.4. The summed E-state index contributed by atoms with van der Waals surface area (Å²) in [6.45, 7) is 0.742. The zero-order valence-electron chi connectivity index (χ0n) is 11.2. The fourth-order valence-electron chi connectivity index (χ4n) is 2.40. The van der Waals surface area contributed by atoms with Gasteiger partial charge in [0.15, 0.2) is 0 Å². The van der Waals surface area contributed by atoms with E-state index in [0.29, 0.717) is 11.4 Å². The molecule has 3 aromatic rings. The molecule has 0 N–H and O–H groups in total. The maximum atomic E-state index is 13.3. The fraction of sp³-hybridized carbons (Fsp3) is 0.188. The number of hydrogen-bond acceptors (Lipinski definition) is 1. The summed E-state index contributed by atoms with van der Waals surface area (Å²) in [7, 11) is 0. The van der Waals surface area contributed by atoms with E-state index < -0.39 is 0 Å². The lowest BCUT2D eigenvalue weighted by Crippen LogP contribution is -2.05. The zero-order valence-corrected chi connectivity index (χ0v) is 12.7. The molecule has 108 valence electrons. The van der Waals surface area contributed by atoms with Gasteiger partial charge in [0, 0.05) is 17.6 Å². The van der Waals surface area contributed by atoms with Crippen molar-refractivity contribution in [3.63, 3.8) is 0 Å². The Bertz CT molecular complexity index is 766. The van der Waals surface area contributed by atoms with Gasteiger partial charge in [0.1, 0.15) is 11.6 Å². The van der Waals surface area contributed by atoms with E-state index in [4.69, 9.17) is 23.2 Å². The quantitative estimate of drug-likeness (QED) is 0.630. The highest BCUT2D eigenvalue weighted by molar-refractivity contribution is 6.30. The summed E-state index contributed by atoms with van der Waals surface area (Å²) in [5.74, 6) is 0.772. The van der Waals surface area contributed by atoms with Crippen LogP contribution in [0.1, 0.15) is 11.4 Å². The minimum atomic E-state index is -0.286. The van der Waals surface area contributed by atoms with Gasteiger partial charge < -0.3 is 4.57 Å². The maximum Gasteiger partial charge on any atom is 0.125 e. The van der Waals surface area contributed by atoms with E-state index in [9.17, 15) is 4.39 Å². The molecule has 0 spiro atoms. The average Bonchev–Trinajstić information content (AvgIpc) is 2.83. The third kappa shape index (κ3) is 3.04. The lowest BCUT2D eigenvalue weighted by atomic mass is 10.1. The summed E-state index contributed by atoms with van der Waals surface area (Å²) in [5, 5.41) is 0.726. The van der Waals surface area contributed by atoms with Gasteiger partial charge in [-0.25, -0.2) is 9.37 Å². The Hall–Kier alpha value is -1.58. The third-order valence-electron chi connectivity index (χ3n) is 3.45. The van der Waals surface area contributed by atoms with E-state index in [2.05, 4.69) is 4.98 Å². The molecule has 0 fully saturated rings. The second-order valence-corrected chi connectivity index (χ2v) is 5.53. The smallest absolute Gasteiger partial charge is 0.125 e. The van der Waals surface area contributed by atoms with Crippen LogP contribution in [-0.4, -0.2) is 9.55 Å². The summed E-state index contributed by atoms with van der Waals surface area (Å²) in [6.07, 6.45) is 0.837. The van der Waals surface area contributed by atoms with Crippen LogP contribution in [0.15, 0.2) is 42.5 Å². The summed E-state index contributed by atoms with van der Waals surface area (Å²) >= 11 is 11.8. The second-order valence-electron chi connectivity index (χ2n) is 4.82. The molecule has 21 heavy (non-hydrogen) atoms. The summed E-state index contributed by atoms with van der Waals surface area (Å²) in [5.41, 5.74) is 2.73. The van der Waals surface area contributed by atoms with Crippen LogP contribution < -0.4 is 0 Å². The Morgan fingerprint density at radius 3 is 2.57 bits per heavy atom. The van der Waals surface area contributed by atoms with Gasteiger partial charge in [-0.2, -0.15) is 0 Å². The van der Waals surface area contributed by atoms with Crippen molar-refractivity contribution in [3.05, 3.63) is 64.7 Å². The molecule has 0 atom stereocenters. The Kier molecular flexibility index (Phi) is 4.13. The molecule has 0 unspecified atom stereocenters. The number of halogens is 3. The second kappa shape index (κ2) is 6.04. The monoisotopic (exact) mass is 322 g/mol. The first-order chi connectivity index (χ1) is 10.2. The molecular weight excluding hydrogens is 310 g/mol. The van der Waals surface area contributed by atoms with Crippen molar-refractivity contribution < 1.29 is 4.39 Å². The van der Waals surface area contributed by atoms with Crippen LogP contribution in [0, 0.1) is 5.82 Å². The van der Waals surface area contributed by atoms with Gasteiger partial charge in [0.25, 0.3) is 0 Å². The molecule has 0 aliphatic heterocycles. The first-order valence-electron chi connectivity index (χ1n) is 6.62. The molecule has 2 aromatic carbocycles. The third-order valence-corrected chi connectivity index (χ3v) is 3.94. The van der Waals surface area contributed by atoms with Crippen LogP contribution in [0.2, 0.25) is 5.02 Å². The fourth-order valence-corrected chi connectivity index (χ4v) is 2.73. The Labute approximate surface area is 132 Å². The van der Waals surface area contributed by atoms with E-state index in [-0.39, 0.29) is 5.82 Å². The molecule has 0 amide bonds. The Balaban J connectivity index is 1.90. The van der Waals surface area contributed by atoms with Gasteiger partial charge >= 0.3 is 0 Å². The SMILES string of the molecule is Fc1ccc2c(c1)nc(CCl)n2CCc1ccc(Cl)cc1. The molecule has 0 radical (unpaired) electrons. The number of aromatic nitrogens is 2. The zero-order chi connectivity index (χ0) is 14.8. The number of hydrogen-bond donors (Lipinski definition) is 0. The molecule has 0 aliphatic rings. The number of imidazole rings is 1. The largest absolute Gasteiger partial charge is 0.327 e. The van der Waals surface area contributed by atoms with E-state index >= 15 is 0 Å². The first-order valence-corrected chi connectivity index (χ1v) is 7.53. The molecule has 0 saturated heterocycles. The number of benzene rings is 2. The van der Waals surface area contributed by atoms with Gasteiger partial charge in [-0.3, -0.25) is 0 Å².